The Hall–Kier alpha value is -3.21. The van der Waals surface area contributed by atoms with Crippen LogP contribution < -0.4 is 5.43 Å². The lowest BCUT2D eigenvalue weighted by molar-refractivity contribution is -0.153. The van der Waals surface area contributed by atoms with Gasteiger partial charge < -0.3 is 9.90 Å². The Labute approximate surface area is 163 Å². The third kappa shape index (κ3) is 5.64. The van der Waals surface area contributed by atoms with E-state index in [-0.39, 0.29) is 17.5 Å². The van der Waals surface area contributed by atoms with E-state index in [4.69, 9.17) is 5.26 Å². The Balaban J connectivity index is 2.17. The average molecular weight is 385 g/mol. The van der Waals surface area contributed by atoms with Crippen molar-refractivity contribution in [1.29, 1.82) is 5.26 Å². The molecule has 1 unspecified atom stereocenters. The van der Waals surface area contributed by atoms with E-state index >= 15 is 0 Å². The van der Waals surface area contributed by atoms with E-state index in [0.29, 0.717) is 18.6 Å². The van der Waals surface area contributed by atoms with E-state index in [2.05, 4.69) is 5.43 Å². The number of nitrogens with zero attached hydrogens (tertiary/aromatic N) is 2. The van der Waals surface area contributed by atoms with Crippen LogP contribution in [0.4, 0.5) is 0 Å². The molecule has 0 radical (unpaired) electrons. The predicted octanol–water partition coefficient (Wildman–Crippen LogP) is 2.04. The molecule has 1 aliphatic rings. The molecular weight excluding hydrogens is 362 g/mol. The molecule has 0 aliphatic heterocycles. The van der Waals surface area contributed by atoms with Gasteiger partial charge >= 0.3 is 5.97 Å². The van der Waals surface area contributed by atoms with E-state index in [9.17, 15) is 24.3 Å². The summed E-state index contributed by atoms with van der Waals surface area (Å²) in [5.41, 5.74) is 2.69. The van der Waals surface area contributed by atoms with Crippen LogP contribution in [0.2, 0.25) is 0 Å². The smallest absolute Gasteiger partial charge is 0.329 e. The van der Waals surface area contributed by atoms with Crippen molar-refractivity contribution in [1.82, 2.24) is 10.4 Å². The molecule has 1 fully saturated rings. The molecule has 1 aliphatic carbocycles. The third-order valence-corrected chi connectivity index (χ3v) is 4.90. The normalized spacial score (nSPS) is 14.7. The van der Waals surface area contributed by atoms with Gasteiger partial charge in [-0.05, 0) is 30.5 Å². The molecule has 1 saturated carbocycles. The van der Waals surface area contributed by atoms with E-state index in [1.165, 1.54) is 24.3 Å². The molecule has 2 amide bonds. The molecule has 1 aromatic rings. The fourth-order valence-corrected chi connectivity index (χ4v) is 3.37. The zero-order valence-electron chi connectivity index (χ0n) is 15.5. The molecule has 0 spiro atoms. The van der Waals surface area contributed by atoms with Gasteiger partial charge in [0, 0.05) is 18.4 Å². The number of carboxylic acid groups (broad SMARTS) is 1. The first kappa shape index (κ1) is 21.1. The second kappa shape index (κ2) is 10.2. The summed E-state index contributed by atoms with van der Waals surface area (Å²) in [6, 6.07) is 6.25. The fraction of sp³-hybridized carbons (Fsp3) is 0.450. The molecule has 28 heavy (non-hydrogen) atoms. The maximum Gasteiger partial charge on any atom is 0.329 e. The highest BCUT2D eigenvalue weighted by Crippen LogP contribution is 2.28. The van der Waals surface area contributed by atoms with E-state index in [1.54, 1.807) is 0 Å². The number of aliphatic carboxylic acids is 1. The number of carbonyl (C=O) groups excluding carboxylic acids is 3. The van der Waals surface area contributed by atoms with Crippen molar-refractivity contribution in [2.24, 2.45) is 5.92 Å². The molecule has 1 atom stereocenters. The van der Waals surface area contributed by atoms with E-state index in [0.717, 1.165) is 30.7 Å². The van der Waals surface area contributed by atoms with E-state index in [1.807, 2.05) is 6.07 Å². The van der Waals surface area contributed by atoms with Crippen molar-refractivity contribution < 1.29 is 24.3 Å². The van der Waals surface area contributed by atoms with Gasteiger partial charge in [0.05, 0.1) is 11.6 Å². The summed E-state index contributed by atoms with van der Waals surface area (Å²) in [6.07, 6.45) is 4.99. The Morgan fingerprint density at radius 3 is 2.64 bits per heavy atom. The first-order valence-electron chi connectivity index (χ1n) is 9.26. The average Bonchev–Trinajstić information content (AvgIpc) is 3.22. The van der Waals surface area contributed by atoms with Crippen LogP contribution in [0, 0.1) is 17.2 Å². The second-order valence-corrected chi connectivity index (χ2v) is 6.84. The van der Waals surface area contributed by atoms with Crippen LogP contribution in [-0.2, 0) is 14.4 Å². The monoisotopic (exact) mass is 385 g/mol. The molecular formula is C20H23N3O5. The molecule has 2 N–H and O–H groups in total. The number of carbonyl (C=O) groups is 4. The summed E-state index contributed by atoms with van der Waals surface area (Å²) >= 11 is 0. The number of amides is 2. The van der Waals surface area contributed by atoms with Gasteiger partial charge in [-0.15, -0.1) is 0 Å². The molecule has 0 heterocycles. The van der Waals surface area contributed by atoms with Crippen LogP contribution in [0.3, 0.4) is 0 Å². The minimum absolute atomic E-state index is 0.0891. The van der Waals surface area contributed by atoms with Gasteiger partial charge in [0.1, 0.15) is 6.29 Å². The van der Waals surface area contributed by atoms with Gasteiger partial charge in [-0.3, -0.25) is 15.0 Å². The summed E-state index contributed by atoms with van der Waals surface area (Å²) in [5.74, 6) is -2.23. The number of hydrogen-bond acceptors (Lipinski definition) is 5. The molecule has 8 nitrogen and oxygen atoms in total. The maximum absolute atomic E-state index is 12.7. The van der Waals surface area contributed by atoms with Crippen LogP contribution >= 0.6 is 0 Å². The van der Waals surface area contributed by atoms with Crippen molar-refractivity contribution >= 4 is 24.1 Å². The van der Waals surface area contributed by atoms with Crippen molar-refractivity contribution in [3.05, 3.63) is 35.4 Å². The van der Waals surface area contributed by atoms with Crippen LogP contribution in [0.15, 0.2) is 24.3 Å². The number of hydrogen-bond donors (Lipinski definition) is 2. The highest BCUT2D eigenvalue weighted by molar-refractivity contribution is 5.96. The van der Waals surface area contributed by atoms with Gasteiger partial charge in [0.2, 0.25) is 5.91 Å². The molecule has 0 bridgehead atoms. The highest BCUT2D eigenvalue weighted by Gasteiger charge is 2.31. The standard InChI is InChI=1S/C20H23N3O5/c21-13-15-6-3-7-16(12-15)19(26)22-23(17(10-11-24)20(27)28)18(25)9-8-14-4-1-2-5-14/h3,6-7,11-12,14,17H,1-2,4-5,8-10H2,(H,22,26)(H,27,28). The first-order chi connectivity index (χ1) is 13.5. The molecule has 1 aromatic carbocycles. The topological polar surface area (TPSA) is 128 Å². The van der Waals surface area contributed by atoms with Crippen molar-refractivity contribution in [2.45, 2.75) is 51.0 Å². The number of carboxylic acids is 1. The second-order valence-electron chi connectivity index (χ2n) is 6.84. The number of rotatable bonds is 8. The minimum atomic E-state index is -1.49. The lowest BCUT2D eigenvalue weighted by atomic mass is 10.0. The fourth-order valence-electron chi connectivity index (χ4n) is 3.37. The molecule has 0 aromatic heterocycles. The zero-order chi connectivity index (χ0) is 20.5. The Bertz CT molecular complexity index is 780. The minimum Gasteiger partial charge on any atom is -0.480 e. The zero-order valence-corrected chi connectivity index (χ0v) is 15.5. The molecule has 148 valence electrons. The SMILES string of the molecule is N#Cc1cccc(C(=O)NN(C(=O)CCC2CCCC2)C(CC=O)C(=O)O)c1. The van der Waals surface area contributed by atoms with Crippen molar-refractivity contribution in [3.63, 3.8) is 0 Å². The van der Waals surface area contributed by atoms with E-state index < -0.39 is 30.2 Å². The van der Waals surface area contributed by atoms with Crippen molar-refractivity contribution in [2.75, 3.05) is 0 Å². The molecule has 8 heteroatoms. The number of hydrazine groups is 1. The number of nitrogens with one attached hydrogen (secondary N) is 1. The van der Waals surface area contributed by atoms with Crippen LogP contribution in [0.1, 0.15) is 60.9 Å². The van der Waals surface area contributed by atoms with Crippen molar-refractivity contribution in [3.8, 4) is 6.07 Å². The summed E-state index contributed by atoms with van der Waals surface area (Å²) in [6.45, 7) is 0. The van der Waals surface area contributed by atoms with Crippen LogP contribution in [0.25, 0.3) is 0 Å². The number of nitriles is 1. The maximum atomic E-state index is 12.7. The van der Waals surface area contributed by atoms with Crippen LogP contribution in [-0.4, -0.2) is 40.2 Å². The van der Waals surface area contributed by atoms with Gasteiger partial charge in [-0.25, -0.2) is 9.80 Å². The summed E-state index contributed by atoms with van der Waals surface area (Å²) in [4.78, 5) is 47.7. The van der Waals surface area contributed by atoms with Gasteiger partial charge in [0.15, 0.2) is 6.04 Å². The quantitative estimate of drug-likeness (QED) is 0.521. The Morgan fingerprint density at radius 1 is 1.32 bits per heavy atom. The first-order valence-corrected chi connectivity index (χ1v) is 9.26. The third-order valence-electron chi connectivity index (χ3n) is 4.90. The summed E-state index contributed by atoms with van der Waals surface area (Å²) < 4.78 is 0. The Kier molecular flexibility index (Phi) is 7.69. The molecule has 0 saturated heterocycles. The van der Waals surface area contributed by atoms with Gasteiger partial charge in [-0.2, -0.15) is 5.26 Å². The lowest BCUT2D eigenvalue weighted by Gasteiger charge is -2.28. The summed E-state index contributed by atoms with van der Waals surface area (Å²) in [5, 5.41) is 19.1. The lowest BCUT2D eigenvalue weighted by Crippen LogP contribution is -2.55. The molecule has 2 rings (SSSR count). The van der Waals surface area contributed by atoms with Gasteiger partial charge in [-0.1, -0.05) is 31.7 Å². The Morgan fingerprint density at radius 2 is 2.04 bits per heavy atom. The highest BCUT2D eigenvalue weighted by atomic mass is 16.4. The van der Waals surface area contributed by atoms with Gasteiger partial charge in [0.25, 0.3) is 5.91 Å². The number of benzene rings is 1. The summed E-state index contributed by atoms with van der Waals surface area (Å²) in [7, 11) is 0. The number of aldehydes is 1. The predicted molar refractivity (Wildman–Crippen MR) is 98.8 cm³/mol. The largest absolute Gasteiger partial charge is 0.480 e. The van der Waals surface area contributed by atoms with Crippen LogP contribution in [0.5, 0.6) is 0 Å².